The van der Waals surface area contributed by atoms with Crippen LogP contribution in [0.1, 0.15) is 51.9 Å². The Kier molecular flexibility index (Phi) is 2.96. The van der Waals surface area contributed by atoms with Gasteiger partial charge in [0.25, 0.3) is 0 Å². The largest absolute Gasteiger partial charge is 0.375 e. The summed E-state index contributed by atoms with van der Waals surface area (Å²) in [5.41, 5.74) is 0.313. The highest BCUT2D eigenvalue weighted by atomic mass is 35.5. The van der Waals surface area contributed by atoms with Gasteiger partial charge in [-0.15, -0.1) is 11.6 Å². The summed E-state index contributed by atoms with van der Waals surface area (Å²) in [5, 5.41) is 0.435. The van der Waals surface area contributed by atoms with E-state index >= 15 is 0 Å². The summed E-state index contributed by atoms with van der Waals surface area (Å²) in [6, 6.07) is 0. The Morgan fingerprint density at radius 3 is 2.56 bits per heavy atom. The Labute approximate surface area is 104 Å². The SMILES string of the molecule is CC1C(Cl)CCC1C1CCOC2(CCC2)C1. The van der Waals surface area contributed by atoms with E-state index in [9.17, 15) is 0 Å². The monoisotopic (exact) mass is 242 g/mol. The van der Waals surface area contributed by atoms with Gasteiger partial charge in [0.15, 0.2) is 0 Å². The second-order valence-corrected chi connectivity index (χ2v) is 6.81. The zero-order valence-electron chi connectivity index (χ0n) is 10.3. The van der Waals surface area contributed by atoms with Crippen LogP contribution < -0.4 is 0 Å². The molecule has 16 heavy (non-hydrogen) atoms. The van der Waals surface area contributed by atoms with Crippen LogP contribution in [0.4, 0.5) is 0 Å². The van der Waals surface area contributed by atoms with Crippen LogP contribution in [0, 0.1) is 17.8 Å². The van der Waals surface area contributed by atoms with Gasteiger partial charge in [-0.1, -0.05) is 6.92 Å². The number of rotatable bonds is 1. The van der Waals surface area contributed by atoms with E-state index < -0.39 is 0 Å². The van der Waals surface area contributed by atoms with Crippen LogP contribution in [-0.4, -0.2) is 17.6 Å². The highest BCUT2D eigenvalue weighted by molar-refractivity contribution is 6.20. The molecule has 0 aromatic carbocycles. The van der Waals surface area contributed by atoms with Crippen molar-refractivity contribution < 1.29 is 4.74 Å². The Balaban J connectivity index is 1.66. The van der Waals surface area contributed by atoms with Crippen LogP contribution in [0.15, 0.2) is 0 Å². The Hall–Kier alpha value is 0.250. The third-order valence-corrected chi connectivity index (χ3v) is 6.04. The molecule has 4 atom stereocenters. The highest BCUT2D eigenvalue weighted by Crippen LogP contribution is 2.50. The molecule has 0 amide bonds. The van der Waals surface area contributed by atoms with E-state index in [-0.39, 0.29) is 0 Å². The smallest absolute Gasteiger partial charge is 0.0685 e. The number of alkyl halides is 1. The molecule has 3 fully saturated rings. The fourth-order valence-corrected chi connectivity index (χ4v) is 4.47. The molecular weight excluding hydrogens is 220 g/mol. The maximum Gasteiger partial charge on any atom is 0.0685 e. The summed E-state index contributed by atoms with van der Waals surface area (Å²) in [6.07, 6.45) is 9.20. The predicted octanol–water partition coefficient (Wildman–Crippen LogP) is 3.99. The summed E-state index contributed by atoms with van der Waals surface area (Å²) in [4.78, 5) is 0. The topological polar surface area (TPSA) is 9.23 Å². The molecule has 1 aliphatic heterocycles. The molecule has 4 unspecified atom stereocenters. The van der Waals surface area contributed by atoms with Gasteiger partial charge in [-0.25, -0.2) is 0 Å². The van der Waals surface area contributed by atoms with Gasteiger partial charge in [0.1, 0.15) is 0 Å². The molecule has 1 spiro atoms. The van der Waals surface area contributed by atoms with Crippen molar-refractivity contribution in [3.63, 3.8) is 0 Å². The van der Waals surface area contributed by atoms with Gasteiger partial charge in [0, 0.05) is 12.0 Å². The van der Waals surface area contributed by atoms with E-state index in [2.05, 4.69) is 6.92 Å². The summed E-state index contributed by atoms with van der Waals surface area (Å²) in [6.45, 7) is 3.36. The normalized spacial score (nSPS) is 46.9. The maximum atomic E-state index is 6.36. The van der Waals surface area contributed by atoms with Gasteiger partial charge in [0.05, 0.1) is 5.60 Å². The molecule has 1 nitrogen and oxygen atoms in total. The predicted molar refractivity (Wildman–Crippen MR) is 66.8 cm³/mol. The lowest BCUT2D eigenvalue weighted by Crippen LogP contribution is -2.47. The summed E-state index contributed by atoms with van der Waals surface area (Å²) < 4.78 is 6.02. The number of hydrogen-bond acceptors (Lipinski definition) is 1. The van der Waals surface area contributed by atoms with Crippen molar-refractivity contribution in [2.75, 3.05) is 6.61 Å². The number of halogens is 1. The zero-order chi connectivity index (χ0) is 11.2. The second-order valence-electron chi connectivity index (χ2n) is 6.25. The van der Waals surface area contributed by atoms with Gasteiger partial charge >= 0.3 is 0 Å². The minimum Gasteiger partial charge on any atom is -0.375 e. The average molecular weight is 243 g/mol. The van der Waals surface area contributed by atoms with E-state index in [0.29, 0.717) is 11.0 Å². The van der Waals surface area contributed by atoms with E-state index in [0.717, 1.165) is 24.4 Å². The third kappa shape index (κ3) is 1.80. The van der Waals surface area contributed by atoms with E-state index in [1.165, 1.54) is 44.9 Å². The molecule has 0 aromatic heterocycles. The van der Waals surface area contributed by atoms with Crippen LogP contribution in [0.2, 0.25) is 0 Å². The molecule has 92 valence electrons. The molecule has 3 aliphatic rings. The standard InChI is InChI=1S/C14H23ClO/c1-10-12(3-4-13(10)15)11-5-8-16-14(9-11)6-2-7-14/h10-13H,2-9H2,1H3. The first-order chi connectivity index (χ1) is 7.70. The summed E-state index contributed by atoms with van der Waals surface area (Å²) in [5.74, 6) is 2.50. The zero-order valence-corrected chi connectivity index (χ0v) is 11.0. The molecule has 0 bridgehead atoms. The van der Waals surface area contributed by atoms with Crippen LogP contribution in [0.25, 0.3) is 0 Å². The molecule has 3 rings (SSSR count). The molecule has 2 saturated carbocycles. The molecule has 0 N–H and O–H groups in total. The van der Waals surface area contributed by atoms with Crippen molar-refractivity contribution in [3.05, 3.63) is 0 Å². The quantitative estimate of drug-likeness (QED) is 0.632. The lowest BCUT2D eigenvalue weighted by molar-refractivity contribution is -0.151. The summed E-state index contributed by atoms with van der Waals surface area (Å²) in [7, 11) is 0. The van der Waals surface area contributed by atoms with Crippen LogP contribution >= 0.6 is 11.6 Å². The first-order valence-electron chi connectivity index (χ1n) is 6.98. The number of hydrogen-bond donors (Lipinski definition) is 0. The van der Waals surface area contributed by atoms with Crippen molar-refractivity contribution in [1.29, 1.82) is 0 Å². The van der Waals surface area contributed by atoms with E-state index in [4.69, 9.17) is 16.3 Å². The molecule has 1 heterocycles. The fourth-order valence-electron chi connectivity index (χ4n) is 4.16. The van der Waals surface area contributed by atoms with Gasteiger partial charge in [-0.05, 0) is 62.7 Å². The Morgan fingerprint density at radius 2 is 2.00 bits per heavy atom. The molecule has 1 saturated heterocycles. The second kappa shape index (κ2) is 4.17. The van der Waals surface area contributed by atoms with E-state index in [1.807, 2.05) is 0 Å². The van der Waals surface area contributed by atoms with Crippen LogP contribution in [0.5, 0.6) is 0 Å². The van der Waals surface area contributed by atoms with Gasteiger partial charge in [0.2, 0.25) is 0 Å². The Bertz CT molecular complexity index is 261. The molecule has 2 heteroatoms. The van der Waals surface area contributed by atoms with Gasteiger partial charge in [-0.3, -0.25) is 0 Å². The van der Waals surface area contributed by atoms with Gasteiger partial charge < -0.3 is 4.74 Å². The average Bonchev–Trinajstić information content (AvgIpc) is 2.58. The minimum atomic E-state index is 0.313. The van der Waals surface area contributed by atoms with Gasteiger partial charge in [-0.2, -0.15) is 0 Å². The molecule has 2 aliphatic carbocycles. The Morgan fingerprint density at radius 1 is 1.19 bits per heavy atom. The fraction of sp³-hybridized carbons (Fsp3) is 1.00. The van der Waals surface area contributed by atoms with Crippen molar-refractivity contribution in [2.24, 2.45) is 17.8 Å². The molecular formula is C14H23ClO. The lowest BCUT2D eigenvalue weighted by Gasteiger charge is -2.49. The van der Waals surface area contributed by atoms with Crippen molar-refractivity contribution in [1.82, 2.24) is 0 Å². The maximum absolute atomic E-state index is 6.36. The summed E-state index contributed by atoms with van der Waals surface area (Å²) >= 11 is 6.36. The van der Waals surface area contributed by atoms with Crippen molar-refractivity contribution >= 4 is 11.6 Å². The molecule has 0 radical (unpaired) electrons. The lowest BCUT2D eigenvalue weighted by atomic mass is 9.67. The van der Waals surface area contributed by atoms with Crippen molar-refractivity contribution in [3.8, 4) is 0 Å². The first-order valence-corrected chi connectivity index (χ1v) is 7.42. The van der Waals surface area contributed by atoms with Crippen molar-refractivity contribution in [2.45, 2.75) is 62.8 Å². The highest BCUT2D eigenvalue weighted by Gasteiger charge is 2.46. The third-order valence-electron chi connectivity index (χ3n) is 5.42. The first kappa shape index (κ1) is 11.3. The van der Waals surface area contributed by atoms with Crippen LogP contribution in [-0.2, 0) is 4.74 Å². The number of ether oxygens (including phenoxy) is 1. The van der Waals surface area contributed by atoms with Crippen LogP contribution in [0.3, 0.4) is 0 Å². The van der Waals surface area contributed by atoms with E-state index in [1.54, 1.807) is 0 Å². The minimum absolute atomic E-state index is 0.313. The molecule has 0 aromatic rings.